The summed E-state index contributed by atoms with van der Waals surface area (Å²) in [5, 5.41) is 0. The van der Waals surface area contributed by atoms with Gasteiger partial charge in [0.25, 0.3) is 0 Å². The monoisotopic (exact) mass is 194 g/mol. The molecule has 1 aromatic heterocycles. The second kappa shape index (κ2) is 3.58. The Hall–Kier alpha value is -1.09. The van der Waals surface area contributed by atoms with Crippen LogP contribution in [0.5, 0.6) is 0 Å². The molecule has 0 aliphatic carbocycles. The predicted octanol–water partition coefficient (Wildman–Crippen LogP) is 1.58. The average molecular weight is 194 g/mol. The van der Waals surface area contributed by atoms with Crippen LogP contribution in [0.3, 0.4) is 0 Å². The maximum Gasteiger partial charge on any atom is 0.196 e. The normalized spacial score (nSPS) is 14.1. The zero-order valence-corrected chi connectivity index (χ0v) is 9.24. The third kappa shape index (κ3) is 2.04. The minimum Gasteiger partial charge on any atom is -0.348 e. The highest BCUT2D eigenvalue weighted by Gasteiger charge is 2.29. The number of carbonyl (C=O) groups excluding carboxylic acids is 1. The van der Waals surface area contributed by atoms with E-state index in [9.17, 15) is 4.79 Å². The van der Waals surface area contributed by atoms with E-state index in [-0.39, 0.29) is 11.2 Å². The Morgan fingerprint density at radius 3 is 2.43 bits per heavy atom. The molecule has 0 spiro atoms. The number of rotatable bonds is 2. The summed E-state index contributed by atoms with van der Waals surface area (Å²) in [7, 11) is 1.85. The van der Waals surface area contributed by atoms with Crippen molar-refractivity contribution < 1.29 is 4.79 Å². The summed E-state index contributed by atoms with van der Waals surface area (Å²) >= 11 is 0. The van der Waals surface area contributed by atoms with Crippen molar-refractivity contribution in [2.45, 2.75) is 26.8 Å². The molecule has 3 nitrogen and oxygen atoms in total. The van der Waals surface area contributed by atoms with Gasteiger partial charge in [0, 0.05) is 13.2 Å². The van der Waals surface area contributed by atoms with Gasteiger partial charge < -0.3 is 10.3 Å². The van der Waals surface area contributed by atoms with E-state index >= 15 is 0 Å². The molecule has 0 aliphatic rings. The van der Waals surface area contributed by atoms with Crippen LogP contribution >= 0.6 is 0 Å². The molecule has 1 aromatic rings. The number of Topliss-reactive ketones (excluding diaryl/α,β-unsaturated/α-hetero) is 1. The van der Waals surface area contributed by atoms with E-state index in [1.165, 1.54) is 0 Å². The molecular formula is C11H18N2O. The lowest BCUT2D eigenvalue weighted by molar-refractivity contribution is 0.0893. The highest BCUT2D eigenvalue weighted by Crippen LogP contribution is 2.20. The molecule has 0 amide bonds. The van der Waals surface area contributed by atoms with Crippen LogP contribution in [-0.2, 0) is 7.05 Å². The molecule has 1 rings (SSSR count). The molecule has 0 aliphatic heterocycles. The molecule has 0 aromatic carbocycles. The van der Waals surface area contributed by atoms with Gasteiger partial charge in [0.05, 0.1) is 11.7 Å². The predicted molar refractivity (Wildman–Crippen MR) is 57.2 cm³/mol. The Morgan fingerprint density at radius 1 is 1.50 bits per heavy atom. The van der Waals surface area contributed by atoms with Crippen LogP contribution in [-0.4, -0.2) is 16.4 Å². The molecule has 0 saturated carbocycles. The van der Waals surface area contributed by atoms with Gasteiger partial charge in [-0.1, -0.05) is 20.8 Å². The molecule has 0 saturated heterocycles. The van der Waals surface area contributed by atoms with Crippen molar-refractivity contribution in [3.8, 4) is 0 Å². The first-order chi connectivity index (χ1) is 6.34. The molecule has 1 atom stereocenters. The van der Waals surface area contributed by atoms with Gasteiger partial charge in [0.2, 0.25) is 0 Å². The van der Waals surface area contributed by atoms with Gasteiger partial charge in [-0.3, -0.25) is 4.79 Å². The van der Waals surface area contributed by atoms with E-state index in [4.69, 9.17) is 5.73 Å². The lowest BCUT2D eigenvalue weighted by atomic mass is 9.84. The molecule has 0 radical (unpaired) electrons. The van der Waals surface area contributed by atoms with Gasteiger partial charge in [-0.15, -0.1) is 0 Å². The SMILES string of the molecule is Cn1cccc1C(=O)C(N)C(C)(C)C. The Morgan fingerprint density at radius 2 is 2.07 bits per heavy atom. The fourth-order valence-electron chi connectivity index (χ4n) is 1.27. The number of nitrogens with two attached hydrogens (primary N) is 1. The molecular weight excluding hydrogens is 176 g/mol. The summed E-state index contributed by atoms with van der Waals surface area (Å²) in [6, 6.07) is 3.20. The Bertz CT molecular complexity index is 333. The van der Waals surface area contributed by atoms with Gasteiger partial charge in [0.15, 0.2) is 5.78 Å². The molecule has 1 heterocycles. The second-order valence-corrected chi connectivity index (χ2v) is 4.71. The van der Waals surface area contributed by atoms with Gasteiger partial charge >= 0.3 is 0 Å². The van der Waals surface area contributed by atoms with E-state index < -0.39 is 6.04 Å². The third-order valence-electron chi connectivity index (χ3n) is 2.41. The fraction of sp³-hybridized carbons (Fsp3) is 0.545. The van der Waals surface area contributed by atoms with Crippen molar-refractivity contribution in [2.75, 3.05) is 0 Å². The first kappa shape index (κ1) is 11.0. The molecule has 14 heavy (non-hydrogen) atoms. The average Bonchev–Trinajstić information content (AvgIpc) is 2.47. The summed E-state index contributed by atoms with van der Waals surface area (Å²) in [6.45, 7) is 5.91. The molecule has 2 N–H and O–H groups in total. The minimum absolute atomic E-state index is 0.00463. The number of carbonyl (C=O) groups is 1. The maximum atomic E-state index is 11.9. The summed E-state index contributed by atoms with van der Waals surface area (Å²) < 4.78 is 1.80. The van der Waals surface area contributed by atoms with E-state index in [0.717, 1.165) is 0 Å². The van der Waals surface area contributed by atoms with Crippen LogP contribution in [0.2, 0.25) is 0 Å². The van der Waals surface area contributed by atoms with Crippen molar-refractivity contribution in [1.82, 2.24) is 4.57 Å². The molecule has 0 bridgehead atoms. The summed E-state index contributed by atoms with van der Waals surface area (Å²) in [5.41, 5.74) is 6.37. The number of hydrogen-bond acceptors (Lipinski definition) is 2. The topological polar surface area (TPSA) is 48.0 Å². The highest BCUT2D eigenvalue weighted by atomic mass is 16.1. The number of nitrogens with zero attached hydrogens (tertiary/aromatic N) is 1. The maximum absolute atomic E-state index is 11.9. The lowest BCUT2D eigenvalue weighted by Gasteiger charge is -2.25. The van der Waals surface area contributed by atoms with Crippen LogP contribution in [0.15, 0.2) is 18.3 Å². The van der Waals surface area contributed by atoms with Crippen LogP contribution in [0, 0.1) is 5.41 Å². The Balaban J connectivity index is 2.92. The van der Waals surface area contributed by atoms with E-state index in [1.54, 1.807) is 10.6 Å². The highest BCUT2D eigenvalue weighted by molar-refractivity contribution is 5.99. The molecule has 0 fully saturated rings. The Kier molecular flexibility index (Phi) is 2.81. The minimum atomic E-state index is -0.448. The van der Waals surface area contributed by atoms with Crippen molar-refractivity contribution in [1.29, 1.82) is 0 Å². The number of hydrogen-bond donors (Lipinski definition) is 1. The largest absolute Gasteiger partial charge is 0.348 e. The van der Waals surface area contributed by atoms with Gasteiger partial charge in [-0.25, -0.2) is 0 Å². The standard InChI is InChI=1S/C11H18N2O/c1-11(2,3)10(12)9(14)8-6-5-7-13(8)4/h5-7,10H,12H2,1-4H3. The van der Waals surface area contributed by atoms with Crippen LogP contribution in [0.25, 0.3) is 0 Å². The zero-order chi connectivity index (χ0) is 10.9. The van der Waals surface area contributed by atoms with Crippen molar-refractivity contribution >= 4 is 5.78 Å². The van der Waals surface area contributed by atoms with Crippen molar-refractivity contribution in [2.24, 2.45) is 18.2 Å². The number of aryl methyl sites for hydroxylation is 1. The number of aromatic nitrogens is 1. The van der Waals surface area contributed by atoms with Crippen LogP contribution in [0.1, 0.15) is 31.3 Å². The molecule has 3 heteroatoms. The quantitative estimate of drug-likeness (QED) is 0.727. The van der Waals surface area contributed by atoms with Crippen molar-refractivity contribution in [3.63, 3.8) is 0 Å². The summed E-state index contributed by atoms with van der Waals surface area (Å²) in [5.74, 6) is 0.00463. The smallest absolute Gasteiger partial charge is 0.196 e. The third-order valence-corrected chi connectivity index (χ3v) is 2.41. The summed E-state index contributed by atoms with van der Waals surface area (Å²) in [6.07, 6.45) is 1.85. The number of ketones is 1. The van der Waals surface area contributed by atoms with E-state index in [1.807, 2.05) is 40.1 Å². The first-order valence-electron chi connectivity index (χ1n) is 4.75. The van der Waals surface area contributed by atoms with Crippen LogP contribution in [0.4, 0.5) is 0 Å². The van der Waals surface area contributed by atoms with E-state index in [2.05, 4.69) is 0 Å². The van der Waals surface area contributed by atoms with Crippen LogP contribution < -0.4 is 5.73 Å². The van der Waals surface area contributed by atoms with Crippen molar-refractivity contribution in [3.05, 3.63) is 24.0 Å². The summed E-state index contributed by atoms with van der Waals surface area (Å²) in [4.78, 5) is 11.9. The van der Waals surface area contributed by atoms with Gasteiger partial charge in [-0.05, 0) is 17.5 Å². The zero-order valence-electron chi connectivity index (χ0n) is 9.24. The van der Waals surface area contributed by atoms with Gasteiger partial charge in [0.1, 0.15) is 0 Å². The molecule has 78 valence electrons. The first-order valence-corrected chi connectivity index (χ1v) is 4.75. The van der Waals surface area contributed by atoms with E-state index in [0.29, 0.717) is 5.69 Å². The van der Waals surface area contributed by atoms with Gasteiger partial charge in [-0.2, -0.15) is 0 Å². The second-order valence-electron chi connectivity index (χ2n) is 4.71. The lowest BCUT2D eigenvalue weighted by Crippen LogP contribution is -2.42. The fourth-order valence-corrected chi connectivity index (χ4v) is 1.27. The Labute approximate surface area is 84.9 Å². The molecule has 1 unspecified atom stereocenters.